The lowest BCUT2D eigenvalue weighted by molar-refractivity contribution is -0.117. The molecule has 0 heterocycles. The number of carbonyl (C=O) groups is 2. The molecule has 0 spiro atoms. The Morgan fingerprint density at radius 1 is 1.26 bits per heavy atom. The fourth-order valence-electron chi connectivity index (χ4n) is 2.84. The molecule has 1 amide bonds. The highest BCUT2D eigenvalue weighted by Gasteiger charge is 2.26. The van der Waals surface area contributed by atoms with Crippen LogP contribution in [-0.2, 0) is 16.1 Å². The average molecular weight is 317 g/mol. The summed E-state index contributed by atoms with van der Waals surface area (Å²) in [5.74, 6) is 0.755. The Kier molecular flexibility index (Phi) is 5.80. The Morgan fingerprint density at radius 3 is 2.52 bits per heavy atom. The van der Waals surface area contributed by atoms with E-state index in [1.165, 1.54) is 0 Å². The van der Waals surface area contributed by atoms with Crippen LogP contribution in [0.4, 0.5) is 4.79 Å². The van der Waals surface area contributed by atoms with Gasteiger partial charge in [-0.05, 0) is 45.1 Å². The molecule has 4 heteroatoms. The molecule has 0 aromatic heterocycles. The van der Waals surface area contributed by atoms with Crippen LogP contribution in [0.2, 0.25) is 0 Å². The normalized spacial score (nSPS) is 18.0. The Bertz CT molecular complexity index is 533. The summed E-state index contributed by atoms with van der Waals surface area (Å²) in [4.78, 5) is 25.6. The molecule has 0 N–H and O–H groups in total. The van der Waals surface area contributed by atoms with Crippen molar-refractivity contribution < 1.29 is 14.3 Å². The van der Waals surface area contributed by atoms with E-state index in [4.69, 9.17) is 4.74 Å². The maximum Gasteiger partial charge on any atom is 0.410 e. The second kappa shape index (κ2) is 7.62. The third kappa shape index (κ3) is 6.05. The van der Waals surface area contributed by atoms with Crippen molar-refractivity contribution in [1.29, 1.82) is 0 Å². The molecule has 1 unspecified atom stereocenters. The Hall–Kier alpha value is -1.84. The first-order valence-corrected chi connectivity index (χ1v) is 8.37. The minimum absolute atomic E-state index is 0.286. The van der Waals surface area contributed by atoms with Gasteiger partial charge in [-0.3, -0.25) is 4.79 Å². The zero-order valence-corrected chi connectivity index (χ0v) is 14.4. The van der Waals surface area contributed by atoms with Crippen molar-refractivity contribution in [3.05, 3.63) is 35.9 Å². The summed E-state index contributed by atoms with van der Waals surface area (Å²) in [6.07, 6.45) is 2.87. The topological polar surface area (TPSA) is 46.6 Å². The lowest BCUT2D eigenvalue weighted by atomic mass is 10.0. The second-order valence-electron chi connectivity index (χ2n) is 7.32. The molecule has 0 bridgehead atoms. The molecule has 4 nitrogen and oxygen atoms in total. The van der Waals surface area contributed by atoms with Crippen LogP contribution in [0.25, 0.3) is 0 Å². The summed E-state index contributed by atoms with van der Waals surface area (Å²) in [7, 11) is 0. The van der Waals surface area contributed by atoms with E-state index < -0.39 is 5.60 Å². The molecule has 1 atom stereocenters. The molecule has 2 rings (SSSR count). The lowest BCUT2D eigenvalue weighted by Crippen LogP contribution is -2.37. The Balaban J connectivity index is 1.98. The number of benzene rings is 1. The maximum absolute atomic E-state index is 12.5. The van der Waals surface area contributed by atoms with Crippen LogP contribution >= 0.6 is 0 Å². The fraction of sp³-hybridized carbons (Fsp3) is 0.579. The molecular weight excluding hydrogens is 290 g/mol. The highest BCUT2D eigenvalue weighted by Crippen LogP contribution is 2.25. The zero-order chi connectivity index (χ0) is 16.9. The molecule has 0 aliphatic heterocycles. The number of carbonyl (C=O) groups excluding carboxylic acids is 2. The van der Waals surface area contributed by atoms with Crippen molar-refractivity contribution >= 4 is 11.9 Å². The molecule has 1 saturated carbocycles. The molecule has 0 radical (unpaired) electrons. The number of ether oxygens (including phenoxy) is 1. The fourth-order valence-corrected chi connectivity index (χ4v) is 2.84. The van der Waals surface area contributed by atoms with Gasteiger partial charge < -0.3 is 9.64 Å². The van der Waals surface area contributed by atoms with Crippen LogP contribution in [0.3, 0.4) is 0 Å². The van der Waals surface area contributed by atoms with Gasteiger partial charge in [0.25, 0.3) is 0 Å². The Morgan fingerprint density at radius 2 is 1.96 bits per heavy atom. The van der Waals surface area contributed by atoms with E-state index in [0.717, 1.165) is 18.4 Å². The van der Waals surface area contributed by atoms with Gasteiger partial charge in [0.15, 0.2) is 0 Å². The first kappa shape index (κ1) is 17.5. The van der Waals surface area contributed by atoms with E-state index in [1.807, 2.05) is 51.1 Å². The van der Waals surface area contributed by atoms with Gasteiger partial charge in [-0.15, -0.1) is 0 Å². The molecule has 23 heavy (non-hydrogen) atoms. The minimum atomic E-state index is -0.505. The summed E-state index contributed by atoms with van der Waals surface area (Å²) in [5, 5.41) is 0. The van der Waals surface area contributed by atoms with E-state index in [9.17, 15) is 9.59 Å². The molecule has 1 aromatic rings. The van der Waals surface area contributed by atoms with Crippen molar-refractivity contribution in [3.8, 4) is 0 Å². The predicted octanol–water partition coefficient (Wildman–Crippen LogP) is 4.18. The van der Waals surface area contributed by atoms with Crippen molar-refractivity contribution in [2.45, 2.75) is 58.6 Å². The van der Waals surface area contributed by atoms with Crippen molar-refractivity contribution in [1.82, 2.24) is 4.90 Å². The van der Waals surface area contributed by atoms with Crippen LogP contribution in [0.5, 0.6) is 0 Å². The zero-order valence-electron chi connectivity index (χ0n) is 14.4. The van der Waals surface area contributed by atoms with Gasteiger partial charge in [0.1, 0.15) is 11.4 Å². The van der Waals surface area contributed by atoms with Crippen molar-refractivity contribution in [2.75, 3.05) is 6.54 Å². The van der Waals surface area contributed by atoms with Crippen LogP contribution in [0, 0.1) is 5.92 Å². The number of rotatable bonds is 5. The number of nitrogens with zero attached hydrogens (tertiary/aromatic N) is 1. The highest BCUT2D eigenvalue weighted by atomic mass is 16.6. The number of hydrogen-bond donors (Lipinski definition) is 0. The number of Topliss-reactive ketones (excluding diaryl/α,β-unsaturated/α-hetero) is 1. The summed E-state index contributed by atoms with van der Waals surface area (Å²) >= 11 is 0. The first-order valence-electron chi connectivity index (χ1n) is 8.37. The summed E-state index contributed by atoms with van der Waals surface area (Å²) < 4.78 is 5.53. The third-order valence-electron chi connectivity index (χ3n) is 4.02. The van der Waals surface area contributed by atoms with Gasteiger partial charge in [0.2, 0.25) is 0 Å². The molecule has 1 aromatic carbocycles. The monoisotopic (exact) mass is 317 g/mol. The van der Waals surface area contributed by atoms with Crippen LogP contribution < -0.4 is 0 Å². The second-order valence-corrected chi connectivity index (χ2v) is 7.32. The SMILES string of the molecule is CC(C)(C)OC(=O)N(CCC1CCC(=O)C1)Cc1ccccc1. The van der Waals surface area contributed by atoms with Crippen molar-refractivity contribution in [2.24, 2.45) is 5.92 Å². The molecule has 0 saturated heterocycles. The number of hydrogen-bond acceptors (Lipinski definition) is 3. The predicted molar refractivity (Wildman–Crippen MR) is 90.1 cm³/mol. The van der Waals surface area contributed by atoms with E-state index in [1.54, 1.807) is 4.90 Å². The quantitative estimate of drug-likeness (QED) is 0.818. The van der Waals surface area contributed by atoms with Crippen LogP contribution in [0.15, 0.2) is 30.3 Å². The largest absolute Gasteiger partial charge is 0.444 e. The van der Waals surface area contributed by atoms with Crippen LogP contribution in [0.1, 0.15) is 52.0 Å². The van der Waals surface area contributed by atoms with Crippen molar-refractivity contribution in [3.63, 3.8) is 0 Å². The first-order chi connectivity index (χ1) is 10.8. The van der Waals surface area contributed by atoms with E-state index in [2.05, 4.69) is 0 Å². The van der Waals surface area contributed by atoms with Gasteiger partial charge in [0.05, 0.1) is 0 Å². The van der Waals surface area contributed by atoms with E-state index in [0.29, 0.717) is 37.6 Å². The standard InChI is InChI=1S/C19H27NO3/c1-19(2,3)23-18(22)20(14-16-7-5-4-6-8-16)12-11-15-9-10-17(21)13-15/h4-8,15H,9-14H2,1-3H3. The summed E-state index contributed by atoms with van der Waals surface area (Å²) in [6, 6.07) is 9.93. The van der Waals surface area contributed by atoms with Gasteiger partial charge in [0, 0.05) is 25.9 Å². The van der Waals surface area contributed by atoms with Crippen LogP contribution in [-0.4, -0.2) is 28.9 Å². The van der Waals surface area contributed by atoms with Gasteiger partial charge >= 0.3 is 6.09 Å². The van der Waals surface area contributed by atoms with E-state index in [-0.39, 0.29) is 6.09 Å². The van der Waals surface area contributed by atoms with Gasteiger partial charge in [-0.2, -0.15) is 0 Å². The maximum atomic E-state index is 12.5. The number of amides is 1. The molecule has 126 valence electrons. The minimum Gasteiger partial charge on any atom is -0.444 e. The van der Waals surface area contributed by atoms with Gasteiger partial charge in [-0.25, -0.2) is 4.79 Å². The summed E-state index contributed by atoms with van der Waals surface area (Å²) in [5.41, 5.74) is 0.580. The molecule has 1 aliphatic carbocycles. The number of ketones is 1. The molecule has 1 aliphatic rings. The molecule has 1 fully saturated rings. The summed E-state index contributed by atoms with van der Waals surface area (Å²) in [6.45, 7) is 6.79. The smallest absolute Gasteiger partial charge is 0.410 e. The third-order valence-corrected chi connectivity index (χ3v) is 4.02. The molecular formula is C19H27NO3. The van der Waals surface area contributed by atoms with Gasteiger partial charge in [-0.1, -0.05) is 30.3 Å². The lowest BCUT2D eigenvalue weighted by Gasteiger charge is -2.28. The highest BCUT2D eigenvalue weighted by molar-refractivity contribution is 5.80. The average Bonchev–Trinajstić information content (AvgIpc) is 2.88. The van der Waals surface area contributed by atoms with E-state index >= 15 is 0 Å². The Labute approximate surface area is 138 Å².